The van der Waals surface area contributed by atoms with Crippen molar-refractivity contribution in [2.24, 2.45) is 5.16 Å². The molecule has 1 aromatic carbocycles. The fourth-order valence-corrected chi connectivity index (χ4v) is 3.81. The van der Waals surface area contributed by atoms with Gasteiger partial charge >= 0.3 is 0 Å². The smallest absolute Gasteiger partial charge is 0.146 e. The second-order valence-electron chi connectivity index (χ2n) is 5.89. The Hall–Kier alpha value is -2.37. The average Bonchev–Trinajstić information content (AvgIpc) is 3.28. The summed E-state index contributed by atoms with van der Waals surface area (Å²) in [7, 11) is 2.10. The van der Waals surface area contributed by atoms with E-state index in [0.29, 0.717) is 6.61 Å². The Morgan fingerprint density at radius 3 is 2.88 bits per heavy atom. The molecule has 3 heterocycles. The lowest BCUT2D eigenvalue weighted by Crippen LogP contribution is -2.22. The molecule has 0 fully saturated rings. The predicted molar refractivity (Wildman–Crippen MR) is 98.0 cm³/mol. The second-order valence-corrected chi connectivity index (χ2v) is 6.81. The lowest BCUT2D eigenvalue weighted by molar-refractivity contribution is 0.117. The van der Waals surface area contributed by atoms with Crippen LogP contribution in [0.25, 0.3) is 5.69 Å². The van der Waals surface area contributed by atoms with Gasteiger partial charge in [0.2, 0.25) is 0 Å². The van der Waals surface area contributed by atoms with Crippen molar-refractivity contribution in [3.8, 4) is 5.69 Å². The van der Waals surface area contributed by atoms with Gasteiger partial charge in [0.15, 0.2) is 0 Å². The van der Waals surface area contributed by atoms with E-state index in [4.69, 9.17) is 4.84 Å². The van der Waals surface area contributed by atoms with Gasteiger partial charge in [-0.15, -0.1) is 11.3 Å². The Kier molecular flexibility index (Phi) is 4.19. The van der Waals surface area contributed by atoms with Gasteiger partial charge in [-0.05, 0) is 36.2 Å². The number of nitrogens with zero attached hydrogens (tertiary/aromatic N) is 3. The molecule has 1 aliphatic rings. The number of oxime groups is 1. The normalized spacial score (nSPS) is 14.2. The molecule has 0 unspecified atom stereocenters. The fraction of sp³-hybridized carbons (Fsp3) is 0.211. The molecule has 0 spiro atoms. The van der Waals surface area contributed by atoms with Crippen LogP contribution >= 0.6 is 11.3 Å². The van der Waals surface area contributed by atoms with Gasteiger partial charge < -0.3 is 9.40 Å². The van der Waals surface area contributed by atoms with Crippen LogP contribution in [0.5, 0.6) is 0 Å². The van der Waals surface area contributed by atoms with E-state index in [1.807, 2.05) is 12.1 Å². The molecule has 5 heteroatoms. The molecule has 4 nitrogen and oxygen atoms in total. The molecular formula is C19H19N3OS. The van der Waals surface area contributed by atoms with E-state index in [1.54, 1.807) is 11.3 Å². The third kappa shape index (κ3) is 2.88. The first-order valence-electron chi connectivity index (χ1n) is 8.01. The number of fused-ring (bicyclic) bond motifs is 3. The van der Waals surface area contributed by atoms with Crippen LogP contribution in [0.2, 0.25) is 0 Å². The highest BCUT2D eigenvalue weighted by Gasteiger charge is 2.26. The topological polar surface area (TPSA) is 29.8 Å². The Labute approximate surface area is 145 Å². The first-order valence-corrected chi connectivity index (χ1v) is 8.89. The molecule has 4 rings (SSSR count). The van der Waals surface area contributed by atoms with Gasteiger partial charge in [-0.1, -0.05) is 35.5 Å². The monoisotopic (exact) mass is 337 g/mol. The Morgan fingerprint density at radius 2 is 2.00 bits per heavy atom. The minimum atomic E-state index is 0.578. The number of hydrogen-bond donors (Lipinski definition) is 0. The van der Waals surface area contributed by atoms with Gasteiger partial charge in [-0.25, -0.2) is 0 Å². The molecule has 0 atom stereocenters. The second kappa shape index (κ2) is 6.63. The highest BCUT2D eigenvalue weighted by molar-refractivity contribution is 7.13. The summed E-state index contributed by atoms with van der Waals surface area (Å²) in [5, 5.41) is 6.50. The van der Waals surface area contributed by atoms with E-state index in [-0.39, 0.29) is 0 Å². The van der Waals surface area contributed by atoms with E-state index in [9.17, 15) is 0 Å². The highest BCUT2D eigenvalue weighted by atomic mass is 32.1. The van der Waals surface area contributed by atoms with Crippen molar-refractivity contribution in [2.45, 2.75) is 6.54 Å². The number of thiophene rings is 1. The Balaban J connectivity index is 1.35. The van der Waals surface area contributed by atoms with E-state index in [0.717, 1.165) is 24.5 Å². The van der Waals surface area contributed by atoms with Crippen molar-refractivity contribution in [1.29, 1.82) is 0 Å². The summed E-state index contributed by atoms with van der Waals surface area (Å²) in [6, 6.07) is 16.7. The van der Waals surface area contributed by atoms with E-state index < -0.39 is 0 Å². The zero-order chi connectivity index (χ0) is 16.4. The van der Waals surface area contributed by atoms with Crippen molar-refractivity contribution < 1.29 is 4.84 Å². The van der Waals surface area contributed by atoms with Crippen LogP contribution in [0.15, 0.2) is 65.3 Å². The lowest BCUT2D eigenvalue weighted by atomic mass is 10.2. The first kappa shape index (κ1) is 15.2. The number of hydrogen-bond acceptors (Lipinski definition) is 4. The van der Waals surface area contributed by atoms with Crippen LogP contribution in [-0.2, 0) is 11.4 Å². The summed E-state index contributed by atoms with van der Waals surface area (Å²) in [5.74, 6) is 0. The molecule has 2 aromatic heterocycles. The van der Waals surface area contributed by atoms with Crippen LogP contribution in [0.3, 0.4) is 0 Å². The number of likely N-dealkylation sites (N-methyl/N-ethyl adjacent to an activating group) is 1. The van der Waals surface area contributed by atoms with E-state index >= 15 is 0 Å². The van der Waals surface area contributed by atoms with Crippen molar-refractivity contribution in [3.63, 3.8) is 0 Å². The molecule has 0 saturated heterocycles. The minimum Gasteiger partial charge on any atom is -0.394 e. The first-order chi connectivity index (χ1) is 11.8. The maximum absolute atomic E-state index is 5.62. The summed E-state index contributed by atoms with van der Waals surface area (Å²) in [5.41, 5.74) is 4.55. The summed E-state index contributed by atoms with van der Waals surface area (Å²) in [4.78, 5) is 9.04. The molecule has 0 aliphatic carbocycles. The molecule has 0 saturated carbocycles. The zero-order valence-corrected chi connectivity index (χ0v) is 14.4. The molecule has 0 amide bonds. The van der Waals surface area contributed by atoms with Gasteiger partial charge in [-0.2, -0.15) is 0 Å². The molecule has 1 aliphatic heterocycles. The van der Waals surface area contributed by atoms with Gasteiger partial charge in [0.1, 0.15) is 12.3 Å². The summed E-state index contributed by atoms with van der Waals surface area (Å²) < 4.78 is 2.16. The van der Waals surface area contributed by atoms with Gasteiger partial charge in [0.25, 0.3) is 0 Å². The van der Waals surface area contributed by atoms with Crippen molar-refractivity contribution in [2.75, 3.05) is 20.2 Å². The van der Waals surface area contributed by atoms with Crippen LogP contribution in [0.1, 0.15) is 16.1 Å². The van der Waals surface area contributed by atoms with Crippen LogP contribution in [-0.4, -0.2) is 35.4 Å². The standard InChI is InChI=1S/C19H19N3OS/c1-21(14-15-6-3-2-4-7-15)11-12-23-20-18-16-8-5-10-22(16)17-9-13-24-19(17)18/h2-10,13H,11-12,14H2,1H3/b20-18-. The van der Waals surface area contributed by atoms with Gasteiger partial charge in [0, 0.05) is 19.3 Å². The SMILES string of the molecule is CN(CCO/N=C1\c2sccc2-n2cccc21)Cc1ccccc1. The summed E-state index contributed by atoms with van der Waals surface area (Å²) >= 11 is 1.71. The summed E-state index contributed by atoms with van der Waals surface area (Å²) in [6.07, 6.45) is 2.07. The quantitative estimate of drug-likeness (QED) is 0.396. The Bertz CT molecular complexity index is 808. The highest BCUT2D eigenvalue weighted by Crippen LogP contribution is 2.32. The van der Waals surface area contributed by atoms with Crippen LogP contribution < -0.4 is 0 Å². The van der Waals surface area contributed by atoms with Crippen LogP contribution in [0, 0.1) is 0 Å². The number of aromatic nitrogens is 1. The van der Waals surface area contributed by atoms with E-state index in [2.05, 4.69) is 69.6 Å². The fourth-order valence-electron chi connectivity index (χ4n) is 2.94. The molecule has 3 aromatic rings. The molecule has 24 heavy (non-hydrogen) atoms. The van der Waals surface area contributed by atoms with Gasteiger partial charge in [0.05, 0.1) is 16.3 Å². The maximum atomic E-state index is 5.62. The lowest BCUT2D eigenvalue weighted by Gasteiger charge is -2.15. The third-order valence-electron chi connectivity index (χ3n) is 4.13. The molecule has 0 bridgehead atoms. The molecule has 0 N–H and O–H groups in total. The van der Waals surface area contributed by atoms with Crippen molar-refractivity contribution in [3.05, 3.63) is 76.2 Å². The number of benzene rings is 1. The average molecular weight is 337 g/mol. The Morgan fingerprint density at radius 1 is 1.12 bits per heavy atom. The van der Waals surface area contributed by atoms with Crippen molar-refractivity contribution in [1.82, 2.24) is 9.47 Å². The van der Waals surface area contributed by atoms with Gasteiger partial charge in [-0.3, -0.25) is 4.90 Å². The molecular weight excluding hydrogens is 318 g/mol. The third-order valence-corrected chi connectivity index (χ3v) is 5.04. The molecule has 0 radical (unpaired) electrons. The zero-order valence-electron chi connectivity index (χ0n) is 13.6. The van der Waals surface area contributed by atoms with E-state index in [1.165, 1.54) is 16.1 Å². The largest absolute Gasteiger partial charge is 0.394 e. The van der Waals surface area contributed by atoms with Crippen molar-refractivity contribution >= 4 is 17.0 Å². The molecule has 122 valence electrons. The summed E-state index contributed by atoms with van der Waals surface area (Å²) in [6.45, 7) is 2.33. The minimum absolute atomic E-state index is 0.578. The predicted octanol–water partition coefficient (Wildman–Crippen LogP) is 3.75. The maximum Gasteiger partial charge on any atom is 0.146 e. The van der Waals surface area contributed by atoms with Crippen LogP contribution in [0.4, 0.5) is 0 Å². The number of rotatable bonds is 6.